The molecule has 0 saturated carbocycles. The van der Waals surface area contributed by atoms with Gasteiger partial charge in [0.05, 0.1) is 12.8 Å². The molecule has 3 rings (SSSR count). The molecule has 0 saturated heterocycles. The summed E-state index contributed by atoms with van der Waals surface area (Å²) in [5.74, 6) is 1.61. The first-order chi connectivity index (χ1) is 13.5. The molecule has 0 atom stereocenters. The average Bonchev–Trinajstić information content (AvgIpc) is 3.14. The van der Waals surface area contributed by atoms with Crippen LogP contribution < -0.4 is 14.8 Å². The van der Waals surface area contributed by atoms with Crippen LogP contribution in [0.15, 0.2) is 47.8 Å². The first-order valence-electron chi connectivity index (χ1n) is 9.09. The van der Waals surface area contributed by atoms with E-state index in [-0.39, 0.29) is 12.5 Å². The van der Waals surface area contributed by atoms with Crippen molar-refractivity contribution < 1.29 is 14.3 Å². The Hall–Kier alpha value is -2.86. The van der Waals surface area contributed by atoms with E-state index in [2.05, 4.69) is 36.3 Å². The average molecular weight is 397 g/mol. The van der Waals surface area contributed by atoms with Crippen LogP contribution in [-0.4, -0.2) is 24.6 Å². The number of nitrogens with zero attached hydrogens (tertiary/aromatic N) is 1. The number of rotatable bonds is 7. The van der Waals surface area contributed by atoms with Gasteiger partial charge in [-0.1, -0.05) is 38.1 Å². The van der Waals surface area contributed by atoms with Crippen LogP contribution in [0.25, 0.3) is 11.3 Å². The number of ether oxygens (including phenoxy) is 2. The minimum atomic E-state index is -0.234. The third kappa shape index (κ3) is 4.89. The summed E-state index contributed by atoms with van der Waals surface area (Å²) >= 11 is 1.38. The molecule has 0 unspecified atom stereocenters. The van der Waals surface area contributed by atoms with Gasteiger partial charge in [-0.05, 0) is 42.2 Å². The number of thiazole rings is 1. The third-order valence-corrected chi connectivity index (χ3v) is 5.02. The van der Waals surface area contributed by atoms with E-state index in [0.717, 1.165) is 33.9 Å². The van der Waals surface area contributed by atoms with Crippen LogP contribution in [0, 0.1) is 6.92 Å². The molecule has 6 heteroatoms. The molecular weight excluding hydrogens is 372 g/mol. The summed E-state index contributed by atoms with van der Waals surface area (Å²) in [5, 5.41) is 5.25. The van der Waals surface area contributed by atoms with Gasteiger partial charge in [-0.25, -0.2) is 4.98 Å². The van der Waals surface area contributed by atoms with Crippen molar-refractivity contribution in [1.29, 1.82) is 0 Å². The van der Waals surface area contributed by atoms with Crippen molar-refractivity contribution in [1.82, 2.24) is 4.98 Å². The molecule has 1 N–H and O–H groups in total. The quantitative estimate of drug-likeness (QED) is 0.591. The predicted octanol–water partition coefficient (Wildman–Crippen LogP) is 5.27. The van der Waals surface area contributed by atoms with Crippen molar-refractivity contribution in [3.8, 4) is 22.8 Å². The smallest absolute Gasteiger partial charge is 0.264 e. The lowest BCUT2D eigenvalue weighted by molar-refractivity contribution is -0.118. The Morgan fingerprint density at radius 2 is 2.04 bits per heavy atom. The van der Waals surface area contributed by atoms with Crippen LogP contribution in [0.4, 0.5) is 5.13 Å². The van der Waals surface area contributed by atoms with Gasteiger partial charge in [-0.3, -0.25) is 10.1 Å². The number of aromatic nitrogens is 1. The van der Waals surface area contributed by atoms with Crippen molar-refractivity contribution >= 4 is 22.4 Å². The monoisotopic (exact) mass is 396 g/mol. The Balaban J connectivity index is 1.63. The molecule has 0 radical (unpaired) electrons. The summed E-state index contributed by atoms with van der Waals surface area (Å²) in [7, 11) is 1.63. The highest BCUT2D eigenvalue weighted by molar-refractivity contribution is 7.14. The molecule has 0 aliphatic rings. The van der Waals surface area contributed by atoms with Crippen molar-refractivity contribution in [2.24, 2.45) is 0 Å². The van der Waals surface area contributed by atoms with Gasteiger partial charge in [0, 0.05) is 10.9 Å². The fourth-order valence-electron chi connectivity index (χ4n) is 2.79. The number of benzene rings is 2. The Morgan fingerprint density at radius 3 is 2.79 bits per heavy atom. The minimum absolute atomic E-state index is 0.0583. The molecule has 0 fully saturated rings. The van der Waals surface area contributed by atoms with Gasteiger partial charge < -0.3 is 9.47 Å². The highest BCUT2D eigenvalue weighted by atomic mass is 32.1. The van der Waals surface area contributed by atoms with Crippen molar-refractivity contribution in [3.63, 3.8) is 0 Å². The number of amides is 1. The highest BCUT2D eigenvalue weighted by Crippen LogP contribution is 2.29. The van der Waals surface area contributed by atoms with E-state index in [1.54, 1.807) is 7.11 Å². The second-order valence-electron chi connectivity index (χ2n) is 6.80. The van der Waals surface area contributed by atoms with Crippen LogP contribution in [0.2, 0.25) is 0 Å². The van der Waals surface area contributed by atoms with Gasteiger partial charge in [0.25, 0.3) is 5.91 Å². The fraction of sp³-hybridized carbons (Fsp3) is 0.273. The third-order valence-electron chi connectivity index (χ3n) is 4.27. The van der Waals surface area contributed by atoms with Gasteiger partial charge in [0.15, 0.2) is 11.7 Å². The van der Waals surface area contributed by atoms with E-state index < -0.39 is 0 Å². The summed E-state index contributed by atoms with van der Waals surface area (Å²) in [4.78, 5) is 16.8. The minimum Gasteiger partial charge on any atom is -0.497 e. The maximum absolute atomic E-state index is 12.3. The second-order valence-corrected chi connectivity index (χ2v) is 7.66. The summed E-state index contributed by atoms with van der Waals surface area (Å²) in [6.07, 6.45) is 0. The fourth-order valence-corrected chi connectivity index (χ4v) is 3.52. The molecule has 28 heavy (non-hydrogen) atoms. The van der Waals surface area contributed by atoms with E-state index >= 15 is 0 Å². The van der Waals surface area contributed by atoms with Gasteiger partial charge in [-0.15, -0.1) is 11.3 Å². The Bertz CT molecular complexity index is 966. The van der Waals surface area contributed by atoms with Crippen LogP contribution in [0.5, 0.6) is 11.5 Å². The predicted molar refractivity (Wildman–Crippen MR) is 113 cm³/mol. The van der Waals surface area contributed by atoms with Crippen LogP contribution >= 0.6 is 11.3 Å². The largest absolute Gasteiger partial charge is 0.497 e. The van der Waals surface area contributed by atoms with E-state index in [1.165, 1.54) is 11.3 Å². The Kier molecular flexibility index (Phi) is 6.31. The zero-order chi connectivity index (χ0) is 20.1. The van der Waals surface area contributed by atoms with E-state index in [4.69, 9.17) is 9.47 Å². The molecule has 1 amide bonds. The number of hydrogen-bond donors (Lipinski definition) is 1. The zero-order valence-electron chi connectivity index (χ0n) is 16.5. The number of methoxy groups -OCH3 is 1. The van der Waals surface area contributed by atoms with Crippen molar-refractivity contribution in [2.75, 3.05) is 19.0 Å². The Labute approximate surface area is 169 Å². The van der Waals surface area contributed by atoms with E-state index in [0.29, 0.717) is 11.0 Å². The summed E-state index contributed by atoms with van der Waals surface area (Å²) in [6.45, 7) is 6.16. The summed E-state index contributed by atoms with van der Waals surface area (Å²) in [5.41, 5.74) is 3.92. The molecule has 0 aliphatic heterocycles. The van der Waals surface area contributed by atoms with Crippen molar-refractivity contribution in [3.05, 3.63) is 59.0 Å². The molecular formula is C22H24N2O3S. The molecule has 146 valence electrons. The number of carbonyl (C=O) groups is 1. The van der Waals surface area contributed by atoms with E-state index in [9.17, 15) is 4.79 Å². The molecule has 5 nitrogen and oxygen atoms in total. The van der Waals surface area contributed by atoms with E-state index in [1.807, 2.05) is 42.6 Å². The lowest BCUT2D eigenvalue weighted by Gasteiger charge is -2.14. The normalized spacial score (nSPS) is 10.8. The molecule has 1 heterocycles. The van der Waals surface area contributed by atoms with Gasteiger partial charge in [0.1, 0.15) is 11.5 Å². The maximum atomic E-state index is 12.3. The second kappa shape index (κ2) is 8.89. The van der Waals surface area contributed by atoms with Gasteiger partial charge in [-0.2, -0.15) is 0 Å². The molecule has 0 spiro atoms. The molecule has 0 aliphatic carbocycles. The number of nitrogens with one attached hydrogen (secondary N) is 1. The summed E-state index contributed by atoms with van der Waals surface area (Å²) < 4.78 is 11.0. The highest BCUT2D eigenvalue weighted by Gasteiger charge is 2.12. The number of anilines is 1. The number of hydrogen-bond acceptors (Lipinski definition) is 5. The molecule has 3 aromatic rings. The van der Waals surface area contributed by atoms with Crippen LogP contribution in [-0.2, 0) is 4.79 Å². The zero-order valence-corrected chi connectivity index (χ0v) is 17.3. The summed E-state index contributed by atoms with van der Waals surface area (Å²) in [6, 6.07) is 13.7. The van der Waals surface area contributed by atoms with Gasteiger partial charge >= 0.3 is 0 Å². The van der Waals surface area contributed by atoms with Gasteiger partial charge in [0.2, 0.25) is 0 Å². The lowest BCUT2D eigenvalue weighted by Crippen LogP contribution is -2.20. The Morgan fingerprint density at radius 1 is 1.21 bits per heavy atom. The number of carbonyl (C=O) groups excluding carboxylic acids is 1. The molecule has 2 aromatic carbocycles. The lowest BCUT2D eigenvalue weighted by atomic mass is 10.0. The first kappa shape index (κ1) is 19.9. The topological polar surface area (TPSA) is 60.5 Å². The first-order valence-corrected chi connectivity index (χ1v) is 9.97. The molecule has 0 bridgehead atoms. The van der Waals surface area contributed by atoms with Crippen molar-refractivity contribution in [2.45, 2.75) is 26.7 Å². The SMILES string of the molecule is COc1cccc(-c2csc(NC(=O)COc3cc(C)ccc3C(C)C)n2)c1. The van der Waals surface area contributed by atoms with Crippen LogP contribution in [0.1, 0.15) is 30.9 Å². The maximum Gasteiger partial charge on any atom is 0.264 e. The number of aryl methyl sites for hydroxylation is 1. The molecule has 1 aromatic heterocycles. The van der Waals surface area contributed by atoms with Crippen LogP contribution in [0.3, 0.4) is 0 Å². The standard InChI is InChI=1S/C22H24N2O3S/c1-14(2)18-9-8-15(3)10-20(18)27-12-21(25)24-22-23-19(13-28-22)16-6-5-7-17(11-16)26-4/h5-11,13-14H,12H2,1-4H3,(H,23,24,25).